The minimum atomic E-state index is -0.395. The first-order chi connectivity index (χ1) is 10.1. The summed E-state index contributed by atoms with van der Waals surface area (Å²) >= 11 is 0. The molecule has 0 saturated heterocycles. The minimum absolute atomic E-state index is 0.0541. The molecule has 21 heavy (non-hydrogen) atoms. The molecule has 0 amide bonds. The van der Waals surface area contributed by atoms with E-state index < -0.39 is 4.92 Å². The lowest BCUT2D eigenvalue weighted by molar-refractivity contribution is -0.383. The topological polar surface area (TPSA) is 90.4 Å². The van der Waals surface area contributed by atoms with Gasteiger partial charge in [0.2, 0.25) is 0 Å². The van der Waals surface area contributed by atoms with E-state index in [0.29, 0.717) is 24.6 Å². The van der Waals surface area contributed by atoms with Crippen molar-refractivity contribution >= 4 is 17.1 Å². The Bertz CT molecular complexity index is 627. The Kier molecular flexibility index (Phi) is 4.73. The van der Waals surface area contributed by atoms with Crippen LogP contribution in [0.3, 0.4) is 0 Å². The lowest BCUT2D eigenvalue weighted by Gasteiger charge is -2.11. The number of para-hydroxylation sites is 1. The number of nitro groups is 1. The van der Waals surface area contributed by atoms with Crippen molar-refractivity contribution in [2.45, 2.75) is 6.92 Å². The maximum atomic E-state index is 11.1. The van der Waals surface area contributed by atoms with Crippen LogP contribution in [-0.2, 0) is 0 Å². The molecule has 0 aliphatic carbocycles. The number of hydrogen-bond donors (Lipinski definition) is 2. The zero-order valence-electron chi connectivity index (χ0n) is 11.7. The van der Waals surface area contributed by atoms with Crippen LogP contribution in [0.1, 0.15) is 5.56 Å². The molecule has 0 radical (unpaired) electrons. The normalized spacial score (nSPS) is 10.2. The van der Waals surface area contributed by atoms with Crippen molar-refractivity contribution < 1.29 is 9.66 Å². The number of hydrogen-bond acceptors (Lipinski definition) is 5. The molecule has 110 valence electrons. The zero-order chi connectivity index (χ0) is 15.2. The summed E-state index contributed by atoms with van der Waals surface area (Å²) in [4.78, 5) is 10.7. The molecule has 0 spiro atoms. The first-order valence-electron chi connectivity index (χ1n) is 6.56. The van der Waals surface area contributed by atoms with Gasteiger partial charge in [0, 0.05) is 18.3 Å². The van der Waals surface area contributed by atoms with Crippen LogP contribution in [-0.4, -0.2) is 18.1 Å². The van der Waals surface area contributed by atoms with Crippen molar-refractivity contribution in [1.82, 2.24) is 0 Å². The van der Waals surface area contributed by atoms with Crippen molar-refractivity contribution in [1.29, 1.82) is 0 Å². The molecule has 0 unspecified atom stereocenters. The van der Waals surface area contributed by atoms with Crippen LogP contribution in [0, 0.1) is 17.0 Å². The van der Waals surface area contributed by atoms with Gasteiger partial charge in [-0.25, -0.2) is 0 Å². The van der Waals surface area contributed by atoms with E-state index in [0.717, 1.165) is 11.3 Å². The van der Waals surface area contributed by atoms with Gasteiger partial charge in [-0.3, -0.25) is 10.1 Å². The third-order valence-electron chi connectivity index (χ3n) is 2.96. The molecule has 6 heteroatoms. The zero-order valence-corrected chi connectivity index (χ0v) is 11.7. The van der Waals surface area contributed by atoms with Crippen LogP contribution in [0.4, 0.5) is 17.1 Å². The molecule has 0 atom stereocenters. The molecule has 3 N–H and O–H groups in total. The van der Waals surface area contributed by atoms with Crippen LogP contribution in [0.5, 0.6) is 5.75 Å². The van der Waals surface area contributed by atoms with E-state index in [1.807, 2.05) is 25.1 Å². The number of nitrogens with one attached hydrogen (secondary N) is 1. The average molecular weight is 287 g/mol. The van der Waals surface area contributed by atoms with Gasteiger partial charge in [-0.2, -0.15) is 0 Å². The summed E-state index contributed by atoms with van der Waals surface area (Å²) in [6.07, 6.45) is 0. The molecule has 0 aliphatic heterocycles. The van der Waals surface area contributed by atoms with Gasteiger partial charge in [-0.1, -0.05) is 12.1 Å². The maximum absolute atomic E-state index is 11.1. The largest absolute Gasteiger partial charge is 0.492 e. The van der Waals surface area contributed by atoms with Gasteiger partial charge >= 0.3 is 0 Å². The quantitative estimate of drug-likeness (QED) is 0.629. The number of benzene rings is 2. The Morgan fingerprint density at radius 1 is 1.24 bits per heavy atom. The average Bonchev–Trinajstić information content (AvgIpc) is 2.48. The van der Waals surface area contributed by atoms with Crippen LogP contribution in [0.25, 0.3) is 0 Å². The van der Waals surface area contributed by atoms with Crippen LogP contribution in [0.2, 0.25) is 0 Å². The summed E-state index contributed by atoms with van der Waals surface area (Å²) in [5.74, 6) is 0.713. The summed E-state index contributed by atoms with van der Waals surface area (Å²) < 4.78 is 5.39. The van der Waals surface area contributed by atoms with Crippen molar-refractivity contribution in [3.8, 4) is 5.75 Å². The lowest BCUT2D eigenvalue weighted by atomic mass is 10.1. The molecule has 0 heterocycles. The minimum Gasteiger partial charge on any atom is -0.492 e. The second-order valence-electron chi connectivity index (χ2n) is 4.51. The fourth-order valence-corrected chi connectivity index (χ4v) is 1.92. The Morgan fingerprint density at radius 2 is 1.95 bits per heavy atom. The van der Waals surface area contributed by atoms with E-state index in [4.69, 9.17) is 10.5 Å². The number of aryl methyl sites for hydroxylation is 1. The molecule has 2 aromatic carbocycles. The van der Waals surface area contributed by atoms with Crippen LogP contribution in [0.15, 0.2) is 42.5 Å². The molecule has 0 bridgehead atoms. The molecule has 0 saturated carbocycles. The molecular formula is C15H17N3O3. The lowest BCUT2D eigenvalue weighted by Crippen LogP contribution is -2.10. The highest BCUT2D eigenvalue weighted by Gasteiger charge is 2.15. The van der Waals surface area contributed by atoms with Gasteiger partial charge in [-0.05, 0) is 36.8 Å². The fraction of sp³-hybridized carbons (Fsp3) is 0.200. The number of nitro benzene ring substituents is 1. The Hall–Kier alpha value is -2.60. The van der Waals surface area contributed by atoms with Gasteiger partial charge in [0.25, 0.3) is 5.69 Å². The highest BCUT2D eigenvalue weighted by molar-refractivity contribution is 5.72. The van der Waals surface area contributed by atoms with E-state index >= 15 is 0 Å². The van der Waals surface area contributed by atoms with Crippen molar-refractivity contribution in [3.05, 3.63) is 58.1 Å². The van der Waals surface area contributed by atoms with Gasteiger partial charge in [-0.15, -0.1) is 0 Å². The molecular weight excluding hydrogens is 270 g/mol. The van der Waals surface area contributed by atoms with Crippen LogP contribution >= 0.6 is 0 Å². The molecule has 0 fully saturated rings. The number of anilines is 2. The van der Waals surface area contributed by atoms with Gasteiger partial charge < -0.3 is 15.8 Å². The van der Waals surface area contributed by atoms with E-state index in [9.17, 15) is 10.1 Å². The summed E-state index contributed by atoms with van der Waals surface area (Å²) in [5.41, 5.74) is 7.49. The highest BCUT2D eigenvalue weighted by Crippen LogP contribution is 2.31. The molecule has 0 aliphatic rings. The maximum Gasteiger partial charge on any atom is 0.292 e. The number of ether oxygens (including phenoxy) is 1. The highest BCUT2D eigenvalue weighted by atomic mass is 16.6. The Morgan fingerprint density at radius 3 is 2.57 bits per heavy atom. The van der Waals surface area contributed by atoms with E-state index in [1.54, 1.807) is 18.2 Å². The van der Waals surface area contributed by atoms with E-state index in [-0.39, 0.29) is 5.69 Å². The SMILES string of the molecule is Cc1cccc([N+](=O)[O-])c1Nc1ccc(OCCN)cc1. The summed E-state index contributed by atoms with van der Waals surface area (Å²) in [5, 5.41) is 14.2. The monoisotopic (exact) mass is 287 g/mol. The standard InChI is InChI=1S/C15H17N3O3/c1-11-3-2-4-14(18(19)20)15(11)17-12-5-7-13(8-6-12)21-10-9-16/h2-8,17H,9-10,16H2,1H3. The number of nitrogens with two attached hydrogens (primary N) is 1. The van der Waals surface area contributed by atoms with Crippen LogP contribution < -0.4 is 15.8 Å². The Labute approximate surface area is 122 Å². The van der Waals surface area contributed by atoms with Gasteiger partial charge in [0.05, 0.1) is 4.92 Å². The van der Waals surface area contributed by atoms with Crippen molar-refractivity contribution in [2.75, 3.05) is 18.5 Å². The third kappa shape index (κ3) is 3.70. The molecule has 6 nitrogen and oxygen atoms in total. The Balaban J connectivity index is 2.20. The second-order valence-corrected chi connectivity index (χ2v) is 4.51. The predicted octanol–water partition coefficient (Wildman–Crippen LogP) is 2.98. The third-order valence-corrected chi connectivity index (χ3v) is 2.96. The second kappa shape index (κ2) is 6.71. The van der Waals surface area contributed by atoms with Gasteiger partial charge in [0.1, 0.15) is 18.0 Å². The smallest absolute Gasteiger partial charge is 0.292 e. The number of nitrogens with zero attached hydrogens (tertiary/aromatic N) is 1. The predicted molar refractivity (Wildman–Crippen MR) is 82.1 cm³/mol. The molecule has 0 aromatic heterocycles. The van der Waals surface area contributed by atoms with E-state index in [1.165, 1.54) is 6.07 Å². The van der Waals surface area contributed by atoms with E-state index in [2.05, 4.69) is 5.32 Å². The van der Waals surface area contributed by atoms with Crippen molar-refractivity contribution in [3.63, 3.8) is 0 Å². The van der Waals surface area contributed by atoms with Crippen molar-refractivity contribution in [2.24, 2.45) is 5.73 Å². The number of rotatable bonds is 6. The summed E-state index contributed by atoms with van der Waals surface area (Å²) in [7, 11) is 0. The first kappa shape index (κ1) is 14.8. The first-order valence-corrected chi connectivity index (χ1v) is 6.56. The summed E-state index contributed by atoms with van der Waals surface area (Å²) in [6.45, 7) is 2.74. The van der Waals surface area contributed by atoms with Gasteiger partial charge in [0.15, 0.2) is 0 Å². The summed E-state index contributed by atoms with van der Waals surface area (Å²) in [6, 6.07) is 12.2. The fourth-order valence-electron chi connectivity index (χ4n) is 1.92. The molecule has 2 rings (SSSR count). The molecule has 2 aromatic rings.